The first kappa shape index (κ1) is 19.5. The molecule has 0 saturated carbocycles. The fourth-order valence-electron chi connectivity index (χ4n) is 2.28. The zero-order chi connectivity index (χ0) is 18.6. The lowest BCUT2D eigenvalue weighted by molar-refractivity contribution is -0.139. The molecule has 1 aliphatic rings. The van der Waals surface area contributed by atoms with Gasteiger partial charge in [0.2, 0.25) is 0 Å². The number of nitrogens with zero attached hydrogens (tertiary/aromatic N) is 1. The van der Waals surface area contributed by atoms with Crippen molar-refractivity contribution in [2.75, 3.05) is 26.2 Å². The molecule has 0 unspecified atom stereocenters. The molecule has 1 heterocycles. The first-order valence-corrected chi connectivity index (χ1v) is 8.90. The second kappa shape index (κ2) is 8.52. The van der Waals surface area contributed by atoms with Crippen molar-refractivity contribution in [3.05, 3.63) is 55.9 Å². The SMILES string of the molecule is COC(=O)C1=C(C(=O)OC)N(c2c(Br)ccc(I)c2OC)C=CC=C1. The van der Waals surface area contributed by atoms with Gasteiger partial charge in [-0.1, -0.05) is 6.08 Å². The molecule has 0 N–H and O–H groups in total. The summed E-state index contributed by atoms with van der Waals surface area (Å²) >= 11 is 5.62. The average molecular weight is 520 g/mol. The lowest BCUT2D eigenvalue weighted by Gasteiger charge is -2.26. The molecular formula is C17H15BrINO5. The van der Waals surface area contributed by atoms with Gasteiger partial charge in [-0.05, 0) is 62.8 Å². The average Bonchev–Trinajstić information content (AvgIpc) is 2.84. The first-order chi connectivity index (χ1) is 12.0. The van der Waals surface area contributed by atoms with Crippen molar-refractivity contribution in [2.24, 2.45) is 0 Å². The van der Waals surface area contributed by atoms with Gasteiger partial charge in [-0.15, -0.1) is 0 Å². The van der Waals surface area contributed by atoms with E-state index < -0.39 is 11.9 Å². The molecule has 0 spiro atoms. The van der Waals surface area contributed by atoms with Crippen LogP contribution in [0.5, 0.6) is 5.75 Å². The third kappa shape index (κ3) is 3.90. The zero-order valence-electron chi connectivity index (χ0n) is 13.7. The summed E-state index contributed by atoms with van der Waals surface area (Å²) in [6.45, 7) is 0. The van der Waals surface area contributed by atoms with Crippen molar-refractivity contribution < 1.29 is 23.8 Å². The molecule has 6 nitrogen and oxygen atoms in total. The van der Waals surface area contributed by atoms with Gasteiger partial charge in [-0.2, -0.15) is 0 Å². The van der Waals surface area contributed by atoms with Crippen molar-refractivity contribution in [1.29, 1.82) is 0 Å². The summed E-state index contributed by atoms with van der Waals surface area (Å²) in [5.74, 6) is -0.775. The molecule has 25 heavy (non-hydrogen) atoms. The molecule has 132 valence electrons. The molecule has 1 aliphatic heterocycles. The van der Waals surface area contributed by atoms with Gasteiger partial charge in [0.25, 0.3) is 0 Å². The standard InChI is InChI=1S/C17H15BrINO5/c1-23-15-12(19)8-7-11(18)14(15)20-9-5-4-6-10(16(21)24-2)13(20)17(22)25-3/h4-9H,1-3H3. The number of allylic oxidation sites excluding steroid dienone is 2. The quantitative estimate of drug-likeness (QED) is 0.448. The molecule has 0 saturated heterocycles. The van der Waals surface area contributed by atoms with Crippen LogP contribution in [0.1, 0.15) is 0 Å². The molecule has 0 aromatic heterocycles. The number of carbonyl (C=O) groups is 2. The number of hydrogen-bond acceptors (Lipinski definition) is 6. The van der Waals surface area contributed by atoms with Crippen LogP contribution in [0.15, 0.2) is 52.3 Å². The number of ether oxygens (including phenoxy) is 3. The highest BCUT2D eigenvalue weighted by molar-refractivity contribution is 14.1. The van der Waals surface area contributed by atoms with Crippen LogP contribution in [0.4, 0.5) is 5.69 Å². The second-order valence-electron chi connectivity index (χ2n) is 4.73. The molecule has 0 aliphatic carbocycles. The zero-order valence-corrected chi connectivity index (χ0v) is 17.5. The molecule has 2 rings (SSSR count). The Morgan fingerprint density at radius 1 is 1.08 bits per heavy atom. The van der Waals surface area contributed by atoms with E-state index in [2.05, 4.69) is 38.5 Å². The van der Waals surface area contributed by atoms with E-state index in [9.17, 15) is 9.59 Å². The smallest absolute Gasteiger partial charge is 0.355 e. The van der Waals surface area contributed by atoms with Gasteiger partial charge in [0.1, 0.15) is 11.4 Å². The predicted octanol–water partition coefficient (Wildman–Crippen LogP) is 3.55. The molecule has 0 amide bonds. The molecule has 0 bridgehead atoms. The van der Waals surface area contributed by atoms with Crippen molar-refractivity contribution >= 4 is 56.1 Å². The Kier molecular flexibility index (Phi) is 6.65. The topological polar surface area (TPSA) is 65.1 Å². The highest BCUT2D eigenvalue weighted by Gasteiger charge is 2.30. The second-order valence-corrected chi connectivity index (χ2v) is 6.74. The van der Waals surface area contributed by atoms with E-state index in [-0.39, 0.29) is 11.3 Å². The van der Waals surface area contributed by atoms with Gasteiger partial charge in [0, 0.05) is 10.7 Å². The van der Waals surface area contributed by atoms with E-state index in [1.54, 1.807) is 23.3 Å². The fourth-order valence-corrected chi connectivity index (χ4v) is 3.44. The maximum atomic E-state index is 12.5. The maximum absolute atomic E-state index is 12.5. The van der Waals surface area contributed by atoms with Crippen LogP contribution in [0, 0.1) is 3.57 Å². The van der Waals surface area contributed by atoms with Crippen LogP contribution in [0.25, 0.3) is 0 Å². The van der Waals surface area contributed by atoms with Crippen molar-refractivity contribution in [3.8, 4) is 5.75 Å². The van der Waals surface area contributed by atoms with Crippen molar-refractivity contribution in [2.45, 2.75) is 0 Å². The summed E-state index contributed by atoms with van der Waals surface area (Å²) in [6.07, 6.45) is 6.49. The molecule has 1 aromatic carbocycles. The Bertz CT molecular complexity index is 800. The highest BCUT2D eigenvalue weighted by Crippen LogP contribution is 2.42. The number of anilines is 1. The largest absolute Gasteiger partial charge is 0.493 e. The van der Waals surface area contributed by atoms with Gasteiger partial charge >= 0.3 is 11.9 Å². The van der Waals surface area contributed by atoms with Gasteiger partial charge in [-0.25, -0.2) is 9.59 Å². The van der Waals surface area contributed by atoms with Crippen LogP contribution < -0.4 is 9.64 Å². The third-order valence-electron chi connectivity index (χ3n) is 3.37. The van der Waals surface area contributed by atoms with E-state index >= 15 is 0 Å². The minimum absolute atomic E-state index is 0.0281. The van der Waals surface area contributed by atoms with Crippen LogP contribution in [0.2, 0.25) is 0 Å². The number of halogens is 2. The van der Waals surface area contributed by atoms with E-state index in [0.717, 1.165) is 3.57 Å². The molecule has 8 heteroatoms. The summed E-state index contributed by atoms with van der Waals surface area (Å²) in [5, 5.41) is 0. The lowest BCUT2D eigenvalue weighted by atomic mass is 10.1. The Balaban J connectivity index is 2.81. The number of esters is 2. The Labute approximate surface area is 167 Å². The Morgan fingerprint density at radius 2 is 1.76 bits per heavy atom. The number of hydrogen-bond donors (Lipinski definition) is 0. The summed E-state index contributed by atoms with van der Waals surface area (Å²) in [4.78, 5) is 26.2. The minimum atomic E-state index is -0.676. The van der Waals surface area contributed by atoms with Crippen LogP contribution >= 0.6 is 38.5 Å². The molecule has 1 aromatic rings. The number of carbonyl (C=O) groups excluding carboxylic acids is 2. The number of rotatable bonds is 4. The van der Waals surface area contributed by atoms with E-state index in [1.165, 1.54) is 27.4 Å². The Hall–Kier alpha value is -1.81. The van der Waals surface area contributed by atoms with Crippen LogP contribution in [-0.2, 0) is 19.1 Å². The summed E-state index contributed by atoms with van der Waals surface area (Å²) in [5.41, 5.74) is 0.670. The van der Waals surface area contributed by atoms with Crippen LogP contribution in [0.3, 0.4) is 0 Å². The molecule has 0 fully saturated rings. The summed E-state index contributed by atoms with van der Waals surface area (Å²) in [6, 6.07) is 3.70. The van der Waals surface area contributed by atoms with Gasteiger partial charge in [0.15, 0.2) is 5.75 Å². The summed E-state index contributed by atoms with van der Waals surface area (Å²) < 4.78 is 16.7. The van der Waals surface area contributed by atoms with E-state index in [4.69, 9.17) is 14.2 Å². The van der Waals surface area contributed by atoms with Gasteiger partial charge in [-0.3, -0.25) is 0 Å². The maximum Gasteiger partial charge on any atom is 0.355 e. The van der Waals surface area contributed by atoms with E-state index in [1.807, 2.05) is 12.1 Å². The van der Waals surface area contributed by atoms with E-state index in [0.29, 0.717) is 15.9 Å². The first-order valence-electron chi connectivity index (χ1n) is 7.03. The third-order valence-corrected chi connectivity index (χ3v) is 4.86. The van der Waals surface area contributed by atoms with Crippen molar-refractivity contribution in [3.63, 3.8) is 0 Å². The summed E-state index contributed by atoms with van der Waals surface area (Å²) in [7, 11) is 4.04. The molecule has 0 radical (unpaired) electrons. The fraction of sp³-hybridized carbons (Fsp3) is 0.176. The van der Waals surface area contributed by atoms with Gasteiger partial charge in [0.05, 0.1) is 30.5 Å². The Morgan fingerprint density at radius 3 is 2.36 bits per heavy atom. The van der Waals surface area contributed by atoms with Crippen molar-refractivity contribution in [1.82, 2.24) is 0 Å². The minimum Gasteiger partial charge on any atom is -0.493 e. The highest BCUT2D eigenvalue weighted by atomic mass is 127. The normalized spacial score (nSPS) is 13.6. The molecular weight excluding hydrogens is 505 g/mol. The monoisotopic (exact) mass is 519 g/mol. The van der Waals surface area contributed by atoms with Gasteiger partial charge < -0.3 is 19.1 Å². The predicted molar refractivity (Wildman–Crippen MR) is 105 cm³/mol. The molecule has 0 atom stereocenters. The number of benzene rings is 1. The lowest BCUT2D eigenvalue weighted by Crippen LogP contribution is -2.27. The van der Waals surface area contributed by atoms with Crippen LogP contribution in [-0.4, -0.2) is 33.3 Å². The number of methoxy groups -OCH3 is 3.